The van der Waals surface area contributed by atoms with Crippen LogP contribution in [-0.4, -0.2) is 52.4 Å². The molecule has 0 atom stereocenters. The molecule has 4 aromatic rings. The third-order valence-electron chi connectivity index (χ3n) is 8.92. The van der Waals surface area contributed by atoms with Gasteiger partial charge in [-0.3, -0.25) is 0 Å². The molecular weight excluding hydrogens is 626 g/mol. The fourth-order valence-electron chi connectivity index (χ4n) is 6.29. The van der Waals surface area contributed by atoms with Crippen molar-refractivity contribution in [2.75, 3.05) is 42.1 Å². The van der Waals surface area contributed by atoms with Crippen LogP contribution in [0.3, 0.4) is 0 Å². The number of aryl methyl sites for hydroxylation is 1. The Morgan fingerprint density at radius 3 is 1.85 bits per heavy atom. The molecule has 0 amide bonds. The number of halogens is 1. The van der Waals surface area contributed by atoms with Crippen LogP contribution in [0.2, 0.25) is 0 Å². The van der Waals surface area contributed by atoms with Crippen LogP contribution in [0.5, 0.6) is 34.5 Å². The smallest absolute Gasteiger partial charge is 0.184 e. The summed E-state index contributed by atoms with van der Waals surface area (Å²) in [7, 11) is 8.34. The van der Waals surface area contributed by atoms with Gasteiger partial charge in [0.2, 0.25) is 0 Å². The molecule has 0 aromatic heterocycles. The predicted octanol–water partition coefficient (Wildman–Crippen LogP) is 4.80. The molecule has 1 heterocycles. The van der Waals surface area contributed by atoms with E-state index in [1.807, 2.05) is 30.3 Å². The molecule has 0 unspecified atom stereocenters. The van der Waals surface area contributed by atoms with Gasteiger partial charge in [-0.05, 0) is 58.9 Å². The summed E-state index contributed by atoms with van der Waals surface area (Å²) in [5.74, 6) is 4.23. The molecule has 256 valence electrons. The zero-order valence-electron chi connectivity index (χ0n) is 29.4. The van der Waals surface area contributed by atoms with Gasteiger partial charge in [0.1, 0.15) is 13.2 Å². The Morgan fingerprint density at radius 1 is 0.646 bits per heavy atom. The summed E-state index contributed by atoms with van der Waals surface area (Å²) in [6, 6.07) is 25.2. The SMILES string of the molecule is COc1cc2c(cc1OC)C(CCc1ccc(C(C)(C)C)cc1)=[N+](Cc1cccc(OC)c1OCc1cccc(OC)c1OC)CC2.[Cl-]. The van der Waals surface area contributed by atoms with Crippen molar-refractivity contribution in [2.24, 2.45) is 0 Å². The number of rotatable bonds is 13. The van der Waals surface area contributed by atoms with Crippen molar-refractivity contribution in [1.82, 2.24) is 0 Å². The summed E-state index contributed by atoms with van der Waals surface area (Å²) >= 11 is 0. The molecule has 7 nitrogen and oxygen atoms in total. The number of nitrogens with zero attached hydrogens (tertiary/aromatic N) is 1. The molecule has 8 heteroatoms. The Balaban J connectivity index is 0.00000520. The molecular formula is C40H48ClNO6. The lowest BCUT2D eigenvalue weighted by Gasteiger charge is -2.22. The molecule has 0 saturated carbocycles. The van der Waals surface area contributed by atoms with Gasteiger partial charge in [-0.25, -0.2) is 4.58 Å². The molecule has 0 bridgehead atoms. The largest absolute Gasteiger partial charge is 1.00 e. The van der Waals surface area contributed by atoms with E-state index >= 15 is 0 Å². The van der Waals surface area contributed by atoms with Crippen molar-refractivity contribution in [3.05, 3.63) is 106 Å². The maximum atomic E-state index is 6.54. The van der Waals surface area contributed by atoms with Crippen molar-refractivity contribution in [2.45, 2.75) is 58.6 Å². The number of hydrogen-bond acceptors (Lipinski definition) is 6. The molecule has 4 aromatic carbocycles. The van der Waals surface area contributed by atoms with E-state index in [9.17, 15) is 0 Å². The zero-order chi connectivity index (χ0) is 33.6. The number of benzene rings is 4. The van der Waals surface area contributed by atoms with E-state index in [4.69, 9.17) is 28.4 Å². The first-order chi connectivity index (χ1) is 22.7. The quantitative estimate of drug-likeness (QED) is 0.190. The normalized spacial score (nSPS) is 12.5. The summed E-state index contributed by atoms with van der Waals surface area (Å²) < 4.78 is 37.4. The summed E-state index contributed by atoms with van der Waals surface area (Å²) in [5, 5.41) is 0. The van der Waals surface area contributed by atoms with Gasteiger partial charge in [0.05, 0.1) is 41.1 Å². The molecule has 0 aliphatic carbocycles. The second-order valence-electron chi connectivity index (χ2n) is 12.8. The van der Waals surface area contributed by atoms with Gasteiger partial charge in [-0.1, -0.05) is 63.2 Å². The summed E-state index contributed by atoms with van der Waals surface area (Å²) in [6.45, 7) is 8.57. The van der Waals surface area contributed by atoms with Gasteiger partial charge in [0.25, 0.3) is 0 Å². The van der Waals surface area contributed by atoms with E-state index < -0.39 is 0 Å². The number of ether oxygens (including phenoxy) is 6. The van der Waals surface area contributed by atoms with Gasteiger partial charge >= 0.3 is 0 Å². The Kier molecular flexibility index (Phi) is 12.3. The van der Waals surface area contributed by atoms with Crippen molar-refractivity contribution in [3.63, 3.8) is 0 Å². The van der Waals surface area contributed by atoms with Crippen LogP contribution in [0, 0.1) is 0 Å². The lowest BCUT2D eigenvalue weighted by atomic mass is 9.86. The van der Waals surface area contributed by atoms with E-state index in [0.717, 1.165) is 54.2 Å². The summed E-state index contributed by atoms with van der Waals surface area (Å²) in [6.07, 6.45) is 2.68. The van der Waals surface area contributed by atoms with Gasteiger partial charge in [-0.2, -0.15) is 0 Å². The molecule has 0 fully saturated rings. The minimum absolute atomic E-state index is 0. The van der Waals surface area contributed by atoms with Gasteiger partial charge < -0.3 is 40.8 Å². The molecule has 0 N–H and O–H groups in total. The fraction of sp³-hybridized carbons (Fsp3) is 0.375. The van der Waals surface area contributed by atoms with E-state index in [-0.39, 0.29) is 17.8 Å². The van der Waals surface area contributed by atoms with E-state index in [1.165, 1.54) is 28.0 Å². The number of methoxy groups -OCH3 is 5. The van der Waals surface area contributed by atoms with Gasteiger partial charge in [0, 0.05) is 24.0 Å². The lowest BCUT2D eigenvalue weighted by molar-refractivity contribution is -0.545. The molecule has 48 heavy (non-hydrogen) atoms. The third-order valence-corrected chi connectivity index (χ3v) is 8.92. The Labute approximate surface area is 291 Å². The molecule has 5 rings (SSSR count). The van der Waals surface area contributed by atoms with Crippen LogP contribution < -0.4 is 40.8 Å². The second-order valence-corrected chi connectivity index (χ2v) is 12.8. The summed E-state index contributed by atoms with van der Waals surface area (Å²) in [5.41, 5.74) is 8.45. The van der Waals surface area contributed by atoms with Crippen molar-refractivity contribution in [3.8, 4) is 34.5 Å². The highest BCUT2D eigenvalue weighted by Crippen LogP contribution is 2.37. The number of hydrogen-bond donors (Lipinski definition) is 0. The highest BCUT2D eigenvalue weighted by Gasteiger charge is 2.29. The van der Waals surface area contributed by atoms with Gasteiger partial charge in [-0.15, -0.1) is 0 Å². The standard InChI is InChI=1S/C40H48NO6.ClH/c1-40(2,3)31-18-15-27(16-19-31)17-20-33-32-24-37(45-7)36(44-6)23-28(32)21-22-41(33)25-29-11-9-14-35(43-5)39(29)47-26-30-12-10-13-34(42-4)38(30)46-8;/h9-16,18-19,23-24H,17,20-22,25-26H2,1-8H3;1H/q+1;/p-1. The van der Waals surface area contributed by atoms with Crippen molar-refractivity contribution in [1.29, 1.82) is 0 Å². The van der Waals surface area contributed by atoms with Crippen molar-refractivity contribution >= 4 is 5.71 Å². The van der Waals surface area contributed by atoms with Crippen LogP contribution in [0.4, 0.5) is 0 Å². The first-order valence-corrected chi connectivity index (χ1v) is 16.1. The average molecular weight is 674 g/mol. The van der Waals surface area contributed by atoms with Crippen LogP contribution in [0.1, 0.15) is 60.6 Å². The maximum absolute atomic E-state index is 6.54. The minimum Gasteiger partial charge on any atom is -1.00 e. The van der Waals surface area contributed by atoms with E-state index in [2.05, 4.69) is 67.8 Å². The van der Waals surface area contributed by atoms with Crippen LogP contribution in [-0.2, 0) is 31.4 Å². The highest BCUT2D eigenvalue weighted by atomic mass is 35.5. The Morgan fingerprint density at radius 2 is 1.25 bits per heavy atom. The zero-order valence-corrected chi connectivity index (χ0v) is 30.2. The lowest BCUT2D eigenvalue weighted by Crippen LogP contribution is -3.00. The molecule has 1 aliphatic rings. The molecule has 0 radical (unpaired) electrons. The molecule has 1 aliphatic heterocycles. The third kappa shape index (κ3) is 8.01. The first-order valence-electron chi connectivity index (χ1n) is 16.1. The first kappa shape index (κ1) is 36.5. The topological polar surface area (TPSA) is 58.4 Å². The van der Waals surface area contributed by atoms with Crippen molar-refractivity contribution < 1.29 is 45.4 Å². The molecule has 0 saturated heterocycles. The summed E-state index contributed by atoms with van der Waals surface area (Å²) in [4.78, 5) is 0. The van der Waals surface area contributed by atoms with Crippen LogP contribution >= 0.6 is 0 Å². The average Bonchev–Trinajstić information content (AvgIpc) is 3.09. The van der Waals surface area contributed by atoms with E-state index in [0.29, 0.717) is 30.4 Å². The van der Waals surface area contributed by atoms with E-state index in [1.54, 1.807) is 35.5 Å². The minimum atomic E-state index is 0. The van der Waals surface area contributed by atoms with Crippen LogP contribution in [0.15, 0.2) is 72.8 Å². The monoisotopic (exact) mass is 673 g/mol. The number of fused-ring (bicyclic) bond motifs is 1. The number of para-hydroxylation sites is 2. The Bertz CT molecular complexity index is 1730. The maximum Gasteiger partial charge on any atom is 0.184 e. The second kappa shape index (κ2) is 16.2. The van der Waals surface area contributed by atoms with Gasteiger partial charge in [0.15, 0.2) is 46.8 Å². The Hall–Kier alpha value is -4.36. The van der Waals surface area contributed by atoms with Crippen LogP contribution in [0.25, 0.3) is 0 Å². The predicted molar refractivity (Wildman–Crippen MR) is 187 cm³/mol. The molecule has 0 spiro atoms. The fourth-order valence-corrected chi connectivity index (χ4v) is 6.29. The highest BCUT2D eigenvalue weighted by molar-refractivity contribution is 5.99.